The van der Waals surface area contributed by atoms with Gasteiger partial charge in [-0.05, 0) is 49.9 Å². The molecule has 0 spiro atoms. The lowest BCUT2D eigenvalue weighted by molar-refractivity contribution is 0.632. The van der Waals surface area contributed by atoms with Crippen molar-refractivity contribution in [1.29, 1.82) is 0 Å². The zero-order valence-electron chi connectivity index (χ0n) is 13.4. The molecule has 0 aromatic heterocycles. The highest BCUT2D eigenvalue weighted by molar-refractivity contribution is 7.99. The molecule has 2 rings (SSSR count). The van der Waals surface area contributed by atoms with Gasteiger partial charge < -0.3 is 5.73 Å². The second kappa shape index (κ2) is 7.15. The van der Waals surface area contributed by atoms with Crippen molar-refractivity contribution >= 4 is 11.8 Å². The molecule has 0 amide bonds. The lowest BCUT2D eigenvalue weighted by Gasteiger charge is -2.25. The Kier molecular flexibility index (Phi) is 5.49. The first kappa shape index (κ1) is 16.1. The molecule has 2 aromatic rings. The summed E-state index contributed by atoms with van der Waals surface area (Å²) in [7, 11) is 0. The Morgan fingerprint density at radius 2 is 1.71 bits per heavy atom. The molecule has 0 fully saturated rings. The van der Waals surface area contributed by atoms with Gasteiger partial charge in [-0.2, -0.15) is 0 Å². The molecule has 2 heteroatoms. The van der Waals surface area contributed by atoms with Crippen molar-refractivity contribution in [2.45, 2.75) is 50.3 Å². The molecule has 21 heavy (non-hydrogen) atoms. The Hall–Kier alpha value is -1.25. The standard InChI is InChI=1S/C19H25NS/c1-5-17(20)19(16-9-7-6-8-14(16)3)21-18-12-13(2)10-11-15(18)4/h6-12,17,19H,5,20H2,1-4H3. The van der Waals surface area contributed by atoms with Crippen LogP contribution in [0.2, 0.25) is 0 Å². The number of hydrogen-bond donors (Lipinski definition) is 1. The topological polar surface area (TPSA) is 26.0 Å². The number of aryl methyl sites for hydroxylation is 3. The van der Waals surface area contributed by atoms with Crippen molar-refractivity contribution in [3.8, 4) is 0 Å². The van der Waals surface area contributed by atoms with Crippen molar-refractivity contribution in [2.75, 3.05) is 0 Å². The highest BCUT2D eigenvalue weighted by Gasteiger charge is 2.22. The van der Waals surface area contributed by atoms with Crippen LogP contribution in [0.1, 0.15) is 40.8 Å². The molecular formula is C19H25NS. The van der Waals surface area contributed by atoms with Gasteiger partial charge >= 0.3 is 0 Å². The summed E-state index contributed by atoms with van der Waals surface area (Å²) in [6.45, 7) is 8.66. The van der Waals surface area contributed by atoms with Crippen LogP contribution in [0.4, 0.5) is 0 Å². The Morgan fingerprint density at radius 3 is 2.38 bits per heavy atom. The van der Waals surface area contributed by atoms with Gasteiger partial charge in [0, 0.05) is 16.2 Å². The molecule has 2 N–H and O–H groups in total. The number of nitrogens with two attached hydrogens (primary N) is 1. The minimum absolute atomic E-state index is 0.163. The van der Waals surface area contributed by atoms with Gasteiger partial charge in [-0.25, -0.2) is 0 Å². The van der Waals surface area contributed by atoms with Crippen molar-refractivity contribution in [3.05, 3.63) is 64.7 Å². The fourth-order valence-electron chi connectivity index (χ4n) is 2.47. The summed E-state index contributed by atoms with van der Waals surface area (Å²) in [6, 6.07) is 15.4. The summed E-state index contributed by atoms with van der Waals surface area (Å²) in [4.78, 5) is 1.34. The predicted molar refractivity (Wildman–Crippen MR) is 94.0 cm³/mol. The highest BCUT2D eigenvalue weighted by atomic mass is 32.2. The SMILES string of the molecule is CCC(N)C(Sc1cc(C)ccc1C)c1ccccc1C. The zero-order valence-corrected chi connectivity index (χ0v) is 14.2. The predicted octanol–water partition coefficient (Wildman–Crippen LogP) is 5.18. The van der Waals surface area contributed by atoms with E-state index in [1.807, 2.05) is 11.8 Å². The molecular weight excluding hydrogens is 274 g/mol. The van der Waals surface area contributed by atoms with E-state index in [2.05, 4.69) is 70.2 Å². The van der Waals surface area contributed by atoms with Crippen molar-refractivity contribution in [2.24, 2.45) is 5.73 Å². The zero-order chi connectivity index (χ0) is 15.4. The Labute approximate surface area is 133 Å². The molecule has 2 atom stereocenters. The molecule has 1 nitrogen and oxygen atoms in total. The van der Waals surface area contributed by atoms with Gasteiger partial charge in [-0.3, -0.25) is 0 Å². The molecule has 2 unspecified atom stereocenters. The van der Waals surface area contributed by atoms with E-state index in [0.29, 0.717) is 5.25 Å². The summed E-state index contributed by atoms with van der Waals surface area (Å²) in [5.74, 6) is 0. The van der Waals surface area contributed by atoms with E-state index >= 15 is 0 Å². The summed E-state index contributed by atoms with van der Waals surface area (Å²) in [5.41, 5.74) is 11.7. The van der Waals surface area contributed by atoms with Crippen molar-refractivity contribution in [3.63, 3.8) is 0 Å². The Balaban J connectivity index is 2.38. The largest absolute Gasteiger partial charge is 0.326 e. The monoisotopic (exact) mass is 299 g/mol. The van der Waals surface area contributed by atoms with Crippen LogP contribution in [-0.4, -0.2) is 6.04 Å². The number of benzene rings is 2. The fourth-order valence-corrected chi connectivity index (χ4v) is 4.01. The Bertz CT molecular complexity index is 606. The van der Waals surface area contributed by atoms with E-state index in [1.54, 1.807) is 0 Å². The average molecular weight is 299 g/mol. The first-order valence-corrected chi connectivity index (χ1v) is 8.46. The molecule has 0 aliphatic carbocycles. The fraction of sp³-hybridized carbons (Fsp3) is 0.368. The van der Waals surface area contributed by atoms with Crippen molar-refractivity contribution in [1.82, 2.24) is 0 Å². The third-order valence-electron chi connectivity index (χ3n) is 3.95. The third-order valence-corrected chi connectivity index (χ3v) is 5.50. The molecule has 0 saturated carbocycles. The van der Waals surface area contributed by atoms with Crippen LogP contribution in [0, 0.1) is 20.8 Å². The first-order chi connectivity index (χ1) is 10.0. The summed E-state index contributed by atoms with van der Waals surface area (Å²) >= 11 is 1.90. The molecule has 0 aliphatic heterocycles. The molecule has 0 aliphatic rings. The number of thioether (sulfide) groups is 1. The summed E-state index contributed by atoms with van der Waals surface area (Å²) in [6.07, 6.45) is 0.983. The van der Waals surface area contributed by atoms with Crippen LogP contribution in [0.15, 0.2) is 47.4 Å². The summed E-state index contributed by atoms with van der Waals surface area (Å²) in [5, 5.41) is 0.302. The number of rotatable bonds is 5. The molecule has 0 saturated heterocycles. The summed E-state index contributed by atoms with van der Waals surface area (Å²) < 4.78 is 0. The molecule has 0 heterocycles. The average Bonchev–Trinajstić information content (AvgIpc) is 2.48. The minimum atomic E-state index is 0.163. The maximum absolute atomic E-state index is 6.43. The van der Waals surface area contributed by atoms with Crippen LogP contribution in [0.3, 0.4) is 0 Å². The van der Waals surface area contributed by atoms with Gasteiger partial charge in [0.15, 0.2) is 0 Å². The van der Waals surface area contributed by atoms with Crippen molar-refractivity contribution < 1.29 is 0 Å². The molecule has 112 valence electrons. The van der Waals surface area contributed by atoms with Gasteiger partial charge in [0.25, 0.3) is 0 Å². The highest BCUT2D eigenvalue weighted by Crippen LogP contribution is 2.40. The quantitative estimate of drug-likeness (QED) is 0.770. The first-order valence-electron chi connectivity index (χ1n) is 7.58. The van der Waals surface area contributed by atoms with E-state index < -0.39 is 0 Å². The van der Waals surface area contributed by atoms with Crippen LogP contribution in [0.25, 0.3) is 0 Å². The van der Waals surface area contributed by atoms with Crippen LogP contribution in [0.5, 0.6) is 0 Å². The third kappa shape index (κ3) is 3.90. The van der Waals surface area contributed by atoms with E-state index in [4.69, 9.17) is 5.73 Å². The smallest absolute Gasteiger partial charge is 0.0498 e. The van der Waals surface area contributed by atoms with Crippen LogP contribution >= 0.6 is 11.8 Å². The lowest BCUT2D eigenvalue weighted by Crippen LogP contribution is -2.26. The minimum Gasteiger partial charge on any atom is -0.326 e. The van der Waals surface area contributed by atoms with E-state index in [1.165, 1.54) is 27.1 Å². The lowest BCUT2D eigenvalue weighted by atomic mass is 10.00. The van der Waals surface area contributed by atoms with E-state index in [-0.39, 0.29) is 6.04 Å². The van der Waals surface area contributed by atoms with Crippen LogP contribution in [-0.2, 0) is 0 Å². The van der Waals surface area contributed by atoms with Gasteiger partial charge in [0.2, 0.25) is 0 Å². The van der Waals surface area contributed by atoms with Gasteiger partial charge in [-0.15, -0.1) is 11.8 Å². The normalized spacial score (nSPS) is 14.0. The van der Waals surface area contributed by atoms with Gasteiger partial charge in [-0.1, -0.05) is 48.9 Å². The second-order valence-electron chi connectivity index (χ2n) is 5.74. The van der Waals surface area contributed by atoms with Gasteiger partial charge in [0.05, 0.1) is 0 Å². The Morgan fingerprint density at radius 1 is 1.00 bits per heavy atom. The second-order valence-corrected chi connectivity index (χ2v) is 6.92. The molecule has 0 bridgehead atoms. The van der Waals surface area contributed by atoms with E-state index in [0.717, 1.165) is 6.42 Å². The van der Waals surface area contributed by atoms with Crippen LogP contribution < -0.4 is 5.73 Å². The van der Waals surface area contributed by atoms with Gasteiger partial charge in [0.1, 0.15) is 0 Å². The molecule has 2 aromatic carbocycles. The van der Waals surface area contributed by atoms with E-state index in [9.17, 15) is 0 Å². The number of hydrogen-bond acceptors (Lipinski definition) is 2. The molecule has 0 radical (unpaired) electrons. The maximum Gasteiger partial charge on any atom is 0.0498 e. The maximum atomic E-state index is 6.43.